The van der Waals surface area contributed by atoms with Crippen LogP contribution in [0.2, 0.25) is 0 Å². The number of aromatic nitrogens is 4. The summed E-state index contributed by atoms with van der Waals surface area (Å²) in [4.78, 5) is 52.7. The van der Waals surface area contributed by atoms with Crippen LogP contribution in [-0.2, 0) is 20.7 Å². The molecule has 1 atom stereocenters. The van der Waals surface area contributed by atoms with Crippen molar-refractivity contribution in [2.45, 2.75) is 109 Å². The highest BCUT2D eigenvalue weighted by atomic mass is 16.6. The molecule has 2 aliphatic carbocycles. The normalized spacial score (nSPS) is 20.2. The first-order chi connectivity index (χ1) is 27.3. The second-order valence-corrected chi connectivity index (χ2v) is 16.4. The van der Waals surface area contributed by atoms with E-state index in [1.54, 1.807) is 24.3 Å². The lowest BCUT2D eigenvalue weighted by Gasteiger charge is -2.29. The highest BCUT2D eigenvalue weighted by Gasteiger charge is 2.30. The Morgan fingerprint density at radius 2 is 1.56 bits per heavy atom. The minimum atomic E-state index is -0.848. The van der Waals surface area contributed by atoms with E-state index in [-0.39, 0.29) is 48.1 Å². The van der Waals surface area contributed by atoms with Crippen LogP contribution in [0.5, 0.6) is 0 Å². The van der Waals surface area contributed by atoms with Crippen molar-refractivity contribution in [3.05, 3.63) is 83.4 Å². The lowest BCUT2D eigenvalue weighted by Crippen LogP contribution is -2.48. The van der Waals surface area contributed by atoms with E-state index in [9.17, 15) is 24.3 Å². The van der Waals surface area contributed by atoms with Gasteiger partial charge < -0.3 is 31.1 Å². The van der Waals surface area contributed by atoms with Crippen LogP contribution in [0.4, 0.5) is 10.5 Å². The molecule has 14 heteroatoms. The monoisotopic (exact) mass is 778 g/mol. The van der Waals surface area contributed by atoms with Crippen molar-refractivity contribution < 1.29 is 29.0 Å². The Kier molecular flexibility index (Phi) is 13.3. The largest absolute Gasteiger partial charge is 0.444 e. The molecule has 2 aliphatic rings. The Morgan fingerprint density at radius 3 is 2.19 bits per heavy atom. The third-order valence-electron chi connectivity index (χ3n) is 10.8. The number of benzene rings is 3. The molecule has 0 saturated heterocycles. The van der Waals surface area contributed by atoms with E-state index in [0.717, 1.165) is 53.5 Å². The first kappa shape index (κ1) is 41.0. The molecule has 2 saturated carbocycles. The molecule has 4 aromatic rings. The molecule has 0 spiro atoms. The molecular weight excluding hydrogens is 725 g/mol. The number of anilines is 1. The first-order valence-electron chi connectivity index (χ1n) is 19.9. The van der Waals surface area contributed by atoms with Crippen LogP contribution < -0.4 is 21.3 Å². The number of rotatable bonds is 12. The van der Waals surface area contributed by atoms with Gasteiger partial charge in [-0.2, -0.15) is 5.21 Å². The van der Waals surface area contributed by atoms with Crippen molar-refractivity contribution in [2.75, 3.05) is 11.9 Å². The molecule has 3 aromatic carbocycles. The molecule has 14 nitrogen and oxygen atoms in total. The number of hydrogen-bond donors (Lipinski definition) is 6. The highest BCUT2D eigenvalue weighted by molar-refractivity contribution is 5.98. The van der Waals surface area contributed by atoms with Gasteiger partial charge in [0.15, 0.2) is 0 Å². The molecule has 302 valence electrons. The molecule has 2 fully saturated rings. The van der Waals surface area contributed by atoms with Crippen molar-refractivity contribution >= 4 is 29.5 Å². The van der Waals surface area contributed by atoms with Gasteiger partial charge in [-0.3, -0.25) is 14.4 Å². The number of amides is 4. The summed E-state index contributed by atoms with van der Waals surface area (Å²) in [6, 6.07) is 19.9. The van der Waals surface area contributed by atoms with E-state index in [1.807, 2.05) is 70.2 Å². The summed E-state index contributed by atoms with van der Waals surface area (Å²) in [6.07, 6.45) is 5.34. The first-order valence-corrected chi connectivity index (χ1v) is 19.9. The van der Waals surface area contributed by atoms with E-state index in [1.165, 1.54) is 0 Å². The highest BCUT2D eigenvalue weighted by Crippen LogP contribution is 2.30. The number of aromatic amines is 1. The Bertz CT molecular complexity index is 1980. The lowest BCUT2D eigenvalue weighted by atomic mass is 9.81. The number of hydrogen-bond acceptors (Lipinski definition) is 9. The van der Waals surface area contributed by atoms with Gasteiger partial charge >= 0.3 is 6.09 Å². The number of carbonyl (C=O) groups excluding carboxylic acids is 4. The summed E-state index contributed by atoms with van der Waals surface area (Å²) < 4.78 is 5.36. The smallest absolute Gasteiger partial charge is 0.407 e. The van der Waals surface area contributed by atoms with E-state index in [0.29, 0.717) is 49.3 Å². The fraction of sp³-hybridized carbons (Fsp3) is 0.465. The predicted molar refractivity (Wildman–Crippen MR) is 216 cm³/mol. The van der Waals surface area contributed by atoms with Gasteiger partial charge in [0.2, 0.25) is 17.6 Å². The van der Waals surface area contributed by atoms with Crippen LogP contribution in [-0.4, -0.2) is 79.9 Å². The van der Waals surface area contributed by atoms with Gasteiger partial charge in [-0.05, 0) is 149 Å². The molecule has 6 N–H and O–H groups in total. The molecular formula is C43H54N8O6. The number of nitrogens with one attached hydrogen (secondary N) is 5. The van der Waals surface area contributed by atoms with Gasteiger partial charge in [0.05, 0.1) is 6.10 Å². The molecule has 57 heavy (non-hydrogen) atoms. The molecule has 4 amide bonds. The maximum Gasteiger partial charge on any atom is 0.407 e. The van der Waals surface area contributed by atoms with Gasteiger partial charge in [-0.1, -0.05) is 30.3 Å². The quantitative estimate of drug-likeness (QED) is 0.102. The number of aliphatic hydroxyl groups excluding tert-OH is 1. The number of tetrazole rings is 1. The summed E-state index contributed by atoms with van der Waals surface area (Å²) in [7, 11) is 0. The lowest BCUT2D eigenvalue weighted by molar-refractivity contribution is -0.130. The van der Waals surface area contributed by atoms with Crippen LogP contribution in [0, 0.1) is 18.8 Å². The fourth-order valence-electron chi connectivity index (χ4n) is 7.56. The van der Waals surface area contributed by atoms with Gasteiger partial charge in [0.1, 0.15) is 11.6 Å². The summed E-state index contributed by atoms with van der Waals surface area (Å²) in [5.74, 6) is -0.200. The molecule has 0 aliphatic heterocycles. The fourth-order valence-corrected chi connectivity index (χ4v) is 7.56. The number of H-pyrrole nitrogens is 1. The number of aliphatic hydroxyl groups is 1. The Hall–Kier alpha value is -5.63. The van der Waals surface area contributed by atoms with Crippen LogP contribution in [0.3, 0.4) is 0 Å². The number of aryl methyl sites for hydroxylation is 1. The molecule has 0 unspecified atom stereocenters. The van der Waals surface area contributed by atoms with E-state index in [2.05, 4.69) is 41.9 Å². The Balaban J connectivity index is 1.10. The van der Waals surface area contributed by atoms with Gasteiger partial charge in [0.25, 0.3) is 5.91 Å². The third-order valence-corrected chi connectivity index (χ3v) is 10.8. The van der Waals surface area contributed by atoms with Gasteiger partial charge in [-0.25, -0.2) is 4.79 Å². The van der Waals surface area contributed by atoms with Crippen molar-refractivity contribution in [2.24, 2.45) is 11.8 Å². The van der Waals surface area contributed by atoms with Crippen LogP contribution >= 0.6 is 0 Å². The molecule has 1 aromatic heterocycles. The molecule has 0 radical (unpaired) electrons. The van der Waals surface area contributed by atoms with E-state index < -0.39 is 17.7 Å². The maximum absolute atomic E-state index is 13.8. The molecule has 0 bridgehead atoms. The van der Waals surface area contributed by atoms with Crippen molar-refractivity contribution in [3.8, 4) is 22.5 Å². The van der Waals surface area contributed by atoms with Gasteiger partial charge in [-0.15, -0.1) is 10.2 Å². The maximum atomic E-state index is 13.8. The molecule has 1 heterocycles. The van der Waals surface area contributed by atoms with Crippen molar-refractivity contribution in [3.63, 3.8) is 0 Å². The molecule has 6 rings (SSSR count). The van der Waals surface area contributed by atoms with Crippen molar-refractivity contribution in [1.29, 1.82) is 0 Å². The average molecular weight is 779 g/mol. The zero-order valence-electron chi connectivity index (χ0n) is 33.1. The summed E-state index contributed by atoms with van der Waals surface area (Å²) in [5, 5.41) is 35.8. The second kappa shape index (κ2) is 18.5. The van der Waals surface area contributed by atoms with Crippen LogP contribution in [0.25, 0.3) is 22.5 Å². The number of alkyl carbamates (subject to hydrolysis) is 1. The number of carbonyl (C=O) groups is 4. The summed E-state index contributed by atoms with van der Waals surface area (Å²) in [5.41, 5.74) is 5.10. The van der Waals surface area contributed by atoms with Gasteiger partial charge in [0, 0.05) is 41.7 Å². The summed E-state index contributed by atoms with van der Waals surface area (Å²) >= 11 is 0. The Morgan fingerprint density at radius 1 is 0.877 bits per heavy atom. The number of ether oxygens (including phenoxy) is 1. The van der Waals surface area contributed by atoms with Crippen molar-refractivity contribution in [1.82, 2.24) is 36.6 Å². The minimum Gasteiger partial charge on any atom is -0.444 e. The zero-order chi connectivity index (χ0) is 40.5. The Labute approximate surface area is 333 Å². The topological polar surface area (TPSA) is 200 Å². The predicted octanol–water partition coefficient (Wildman–Crippen LogP) is 5.87. The minimum absolute atomic E-state index is 0.0715. The summed E-state index contributed by atoms with van der Waals surface area (Å²) in [6.45, 7) is 7.94. The SMILES string of the molecule is Cc1cc(C(=O)NC2CCC(O)CC2)ccc1-c1ccc(C[C@H](NC(=O)C2CCC(CNC(=O)OC(C)(C)C)CC2)C(=O)Nc2ccc(-c3nn[nH]n3)cc2)cc1. The number of nitrogens with zero attached hydrogens (tertiary/aromatic N) is 3. The second-order valence-electron chi connectivity index (χ2n) is 16.4. The zero-order valence-corrected chi connectivity index (χ0v) is 33.1. The van der Waals surface area contributed by atoms with Crippen LogP contribution in [0.15, 0.2) is 66.7 Å². The van der Waals surface area contributed by atoms with Crippen LogP contribution in [0.1, 0.15) is 93.6 Å². The third kappa shape index (κ3) is 11.7. The standard InChI is InChI=1S/C43H54N8O6/c1-26-23-32(40(54)45-34-18-20-35(52)21-19-34)15-22-36(26)29-9-5-27(6-10-29)24-37(41(55)46-33-16-13-30(14-17-33)38-48-50-51-49-38)47-39(53)31-11-7-28(8-12-31)25-44-42(56)57-43(2,3)4/h5-6,9-10,13-17,22-23,28,31,34-35,37,52H,7-8,11-12,18-21,24-25H2,1-4H3,(H,44,56)(H,45,54)(H,46,55)(H,47,53)(H,48,49,50,51)/t28?,31?,34?,35?,37-/m0/s1. The average Bonchev–Trinajstić information content (AvgIpc) is 3.73. The van der Waals surface area contributed by atoms with E-state index in [4.69, 9.17) is 4.74 Å². The van der Waals surface area contributed by atoms with E-state index >= 15 is 0 Å².